The summed E-state index contributed by atoms with van der Waals surface area (Å²) in [5.41, 5.74) is 2.67. The van der Waals surface area contributed by atoms with E-state index >= 15 is 0 Å². The molecule has 0 aromatic heterocycles. The largest absolute Gasteiger partial charge is 0.494 e. The molecule has 0 unspecified atom stereocenters. The molecular formula is C24H33N3O4S. The third-order valence-corrected chi connectivity index (χ3v) is 6.54. The van der Waals surface area contributed by atoms with E-state index in [1.807, 2.05) is 19.1 Å². The van der Waals surface area contributed by atoms with Crippen LogP contribution in [0.4, 0.5) is 5.69 Å². The lowest BCUT2D eigenvalue weighted by atomic mass is 10.1. The van der Waals surface area contributed by atoms with Gasteiger partial charge in [0.2, 0.25) is 15.9 Å². The molecule has 0 saturated carbocycles. The van der Waals surface area contributed by atoms with Crippen LogP contribution in [-0.2, 0) is 27.9 Å². The summed E-state index contributed by atoms with van der Waals surface area (Å²) < 4.78 is 31.2. The van der Waals surface area contributed by atoms with Crippen LogP contribution in [-0.4, -0.2) is 51.7 Å². The van der Waals surface area contributed by atoms with E-state index in [1.165, 1.54) is 18.4 Å². The molecule has 0 spiro atoms. The number of nitrogens with one attached hydrogen (secondary N) is 1. The van der Waals surface area contributed by atoms with E-state index in [-0.39, 0.29) is 12.5 Å². The highest BCUT2D eigenvalue weighted by molar-refractivity contribution is 7.92. The predicted octanol–water partition coefficient (Wildman–Crippen LogP) is 3.15. The first kappa shape index (κ1) is 24.1. The first-order valence-electron chi connectivity index (χ1n) is 11.1. The number of likely N-dealkylation sites (tertiary alicyclic amines) is 1. The molecule has 0 aliphatic carbocycles. The molecule has 3 rings (SSSR count). The lowest BCUT2D eigenvalue weighted by Crippen LogP contribution is -2.40. The normalized spacial score (nSPS) is 14.3. The predicted molar refractivity (Wildman–Crippen MR) is 127 cm³/mol. The second kappa shape index (κ2) is 11.3. The van der Waals surface area contributed by atoms with Crippen LogP contribution >= 0.6 is 0 Å². The number of carbonyl (C=O) groups is 1. The fraction of sp³-hybridized carbons (Fsp3) is 0.458. The molecule has 1 heterocycles. The minimum absolute atomic E-state index is 0.277. The molecule has 1 aliphatic rings. The fourth-order valence-corrected chi connectivity index (χ4v) is 4.53. The highest BCUT2D eigenvalue weighted by Crippen LogP contribution is 2.21. The van der Waals surface area contributed by atoms with Crippen molar-refractivity contribution in [3.05, 3.63) is 59.7 Å². The Balaban J connectivity index is 1.55. The molecule has 1 saturated heterocycles. The van der Waals surface area contributed by atoms with E-state index in [9.17, 15) is 13.2 Å². The molecule has 2 aromatic rings. The Hall–Kier alpha value is -2.58. The van der Waals surface area contributed by atoms with Crippen molar-refractivity contribution in [3.8, 4) is 5.75 Å². The summed E-state index contributed by atoms with van der Waals surface area (Å²) in [5.74, 6) is 0.310. The van der Waals surface area contributed by atoms with E-state index in [0.29, 0.717) is 24.6 Å². The van der Waals surface area contributed by atoms with Gasteiger partial charge in [0.15, 0.2) is 0 Å². The third-order valence-electron chi connectivity index (χ3n) is 5.40. The van der Waals surface area contributed by atoms with E-state index in [4.69, 9.17) is 4.74 Å². The number of ether oxygens (including phenoxy) is 1. The van der Waals surface area contributed by atoms with Crippen molar-refractivity contribution in [1.82, 2.24) is 10.2 Å². The zero-order valence-corrected chi connectivity index (χ0v) is 19.7. The molecular weight excluding hydrogens is 426 g/mol. The Labute approximate surface area is 191 Å². The number of rotatable bonds is 11. The van der Waals surface area contributed by atoms with Crippen molar-refractivity contribution in [1.29, 1.82) is 0 Å². The first-order valence-corrected chi connectivity index (χ1v) is 13.0. The first-order chi connectivity index (χ1) is 15.3. The number of benzene rings is 2. The van der Waals surface area contributed by atoms with Crippen LogP contribution in [0.25, 0.3) is 0 Å². The molecule has 1 N–H and O–H groups in total. The number of sulfonamides is 1. The average Bonchev–Trinajstić information content (AvgIpc) is 3.28. The van der Waals surface area contributed by atoms with Crippen molar-refractivity contribution in [2.45, 2.75) is 39.3 Å². The van der Waals surface area contributed by atoms with Gasteiger partial charge >= 0.3 is 0 Å². The molecule has 1 fully saturated rings. The van der Waals surface area contributed by atoms with Crippen LogP contribution in [0.3, 0.4) is 0 Å². The molecule has 174 valence electrons. The van der Waals surface area contributed by atoms with Crippen LogP contribution in [0.2, 0.25) is 0 Å². The smallest absolute Gasteiger partial charge is 0.241 e. The summed E-state index contributed by atoms with van der Waals surface area (Å²) in [6.45, 7) is 5.95. The summed E-state index contributed by atoms with van der Waals surface area (Å²) in [7, 11) is -3.62. The van der Waals surface area contributed by atoms with Crippen LogP contribution < -0.4 is 14.4 Å². The van der Waals surface area contributed by atoms with Crippen LogP contribution in [0.1, 0.15) is 37.3 Å². The minimum Gasteiger partial charge on any atom is -0.494 e. The molecule has 0 radical (unpaired) electrons. The summed E-state index contributed by atoms with van der Waals surface area (Å²) in [6.07, 6.45) is 4.52. The van der Waals surface area contributed by atoms with E-state index in [1.54, 1.807) is 24.3 Å². The van der Waals surface area contributed by atoms with Gasteiger partial charge < -0.3 is 10.1 Å². The van der Waals surface area contributed by atoms with E-state index < -0.39 is 10.0 Å². The van der Waals surface area contributed by atoms with Gasteiger partial charge in [-0.3, -0.25) is 14.0 Å². The Bertz CT molecular complexity index is 969. The highest BCUT2D eigenvalue weighted by atomic mass is 32.2. The van der Waals surface area contributed by atoms with Crippen LogP contribution in [0.15, 0.2) is 48.5 Å². The third kappa shape index (κ3) is 7.24. The van der Waals surface area contributed by atoms with Gasteiger partial charge in [-0.05, 0) is 67.7 Å². The molecule has 8 heteroatoms. The number of anilines is 1. The molecule has 0 bridgehead atoms. The molecule has 7 nitrogen and oxygen atoms in total. The van der Waals surface area contributed by atoms with Gasteiger partial charge in [-0.2, -0.15) is 0 Å². The zero-order chi connectivity index (χ0) is 23.0. The Morgan fingerprint density at radius 1 is 1.03 bits per heavy atom. The second-order valence-corrected chi connectivity index (χ2v) is 10.1. The molecule has 32 heavy (non-hydrogen) atoms. The second-order valence-electron chi connectivity index (χ2n) is 8.19. The monoisotopic (exact) mass is 459 g/mol. The topological polar surface area (TPSA) is 79.0 Å². The maximum Gasteiger partial charge on any atom is 0.241 e. The van der Waals surface area contributed by atoms with Gasteiger partial charge in [0.25, 0.3) is 0 Å². The Kier molecular flexibility index (Phi) is 8.53. The maximum atomic E-state index is 12.5. The quantitative estimate of drug-likeness (QED) is 0.558. The maximum absolute atomic E-state index is 12.5. The summed E-state index contributed by atoms with van der Waals surface area (Å²) >= 11 is 0. The number of amides is 1. The summed E-state index contributed by atoms with van der Waals surface area (Å²) in [5, 5.41) is 2.82. The number of hydrogen-bond donors (Lipinski definition) is 1. The van der Waals surface area contributed by atoms with Gasteiger partial charge in [0, 0.05) is 13.1 Å². The van der Waals surface area contributed by atoms with Gasteiger partial charge in [0.1, 0.15) is 12.3 Å². The molecule has 1 aliphatic heterocycles. The van der Waals surface area contributed by atoms with Gasteiger partial charge in [-0.25, -0.2) is 8.42 Å². The minimum atomic E-state index is -3.62. The fourth-order valence-electron chi connectivity index (χ4n) is 3.68. The van der Waals surface area contributed by atoms with Crippen LogP contribution in [0, 0.1) is 0 Å². The van der Waals surface area contributed by atoms with Gasteiger partial charge in [-0.15, -0.1) is 0 Å². The molecule has 2 aromatic carbocycles. The molecule has 0 atom stereocenters. The number of carbonyl (C=O) groups excluding carboxylic acids is 1. The number of nitrogens with zero attached hydrogens (tertiary/aromatic N) is 2. The SMILES string of the molecule is CCCOc1ccc(N(CC(=O)NCc2ccc(CN3CCCC3)cc2)S(C)(=O)=O)cc1. The lowest BCUT2D eigenvalue weighted by Gasteiger charge is -2.22. The molecule has 1 amide bonds. The average molecular weight is 460 g/mol. The van der Waals surface area contributed by atoms with Crippen molar-refractivity contribution < 1.29 is 17.9 Å². The van der Waals surface area contributed by atoms with Crippen LogP contribution in [0.5, 0.6) is 5.75 Å². The van der Waals surface area contributed by atoms with Gasteiger partial charge in [0.05, 0.1) is 18.6 Å². The van der Waals surface area contributed by atoms with Crippen molar-refractivity contribution in [2.75, 3.05) is 36.8 Å². The lowest BCUT2D eigenvalue weighted by molar-refractivity contribution is -0.119. The van der Waals surface area contributed by atoms with Crippen molar-refractivity contribution in [2.24, 2.45) is 0 Å². The van der Waals surface area contributed by atoms with Gasteiger partial charge in [-0.1, -0.05) is 31.2 Å². The van der Waals surface area contributed by atoms with E-state index in [0.717, 1.165) is 42.2 Å². The number of hydrogen-bond acceptors (Lipinski definition) is 5. The Morgan fingerprint density at radius 3 is 2.25 bits per heavy atom. The highest BCUT2D eigenvalue weighted by Gasteiger charge is 2.21. The standard InChI is InChI=1S/C24H33N3O4S/c1-3-16-31-23-12-10-22(11-13-23)27(32(2,29)30)19-24(28)25-17-20-6-8-21(9-7-20)18-26-14-4-5-15-26/h6-13H,3-5,14-19H2,1-2H3,(H,25,28). The zero-order valence-electron chi connectivity index (χ0n) is 18.9. The Morgan fingerprint density at radius 2 is 1.66 bits per heavy atom. The summed E-state index contributed by atoms with van der Waals surface area (Å²) in [4.78, 5) is 14.9. The summed E-state index contributed by atoms with van der Waals surface area (Å²) in [6, 6.07) is 14.9. The van der Waals surface area contributed by atoms with Crippen molar-refractivity contribution in [3.63, 3.8) is 0 Å². The van der Waals surface area contributed by atoms with Crippen molar-refractivity contribution >= 4 is 21.6 Å². The van der Waals surface area contributed by atoms with E-state index in [2.05, 4.69) is 22.3 Å².